The Balaban J connectivity index is 1.67. The molecule has 23 heavy (non-hydrogen) atoms. The van der Waals surface area contributed by atoms with Gasteiger partial charge in [0.1, 0.15) is 6.10 Å². The van der Waals surface area contributed by atoms with Gasteiger partial charge in [-0.3, -0.25) is 9.59 Å². The minimum atomic E-state index is -0.495. The SMILES string of the molecule is CC(OC(=O)CC1C(=O)Nc2ccccc21)c1cccc(Cl)c1. The van der Waals surface area contributed by atoms with Gasteiger partial charge in [-0.15, -0.1) is 0 Å². The van der Waals surface area contributed by atoms with Gasteiger partial charge in [-0.1, -0.05) is 41.9 Å². The number of hydrogen-bond acceptors (Lipinski definition) is 3. The normalized spacial score (nSPS) is 17.3. The molecule has 0 saturated carbocycles. The highest BCUT2D eigenvalue weighted by Crippen LogP contribution is 2.35. The van der Waals surface area contributed by atoms with Crippen LogP contribution in [0.4, 0.5) is 5.69 Å². The number of para-hydroxylation sites is 1. The van der Waals surface area contributed by atoms with Gasteiger partial charge >= 0.3 is 5.97 Å². The number of halogens is 1. The van der Waals surface area contributed by atoms with Crippen LogP contribution in [0, 0.1) is 0 Å². The van der Waals surface area contributed by atoms with Crippen LogP contribution in [0.5, 0.6) is 0 Å². The van der Waals surface area contributed by atoms with Gasteiger partial charge in [-0.05, 0) is 36.2 Å². The van der Waals surface area contributed by atoms with Gasteiger partial charge in [-0.25, -0.2) is 0 Å². The first-order valence-electron chi connectivity index (χ1n) is 7.39. The molecule has 1 aliphatic heterocycles. The van der Waals surface area contributed by atoms with E-state index in [9.17, 15) is 9.59 Å². The number of rotatable bonds is 4. The number of benzene rings is 2. The summed E-state index contributed by atoms with van der Waals surface area (Å²) in [6.07, 6.45) is -0.394. The third-order valence-electron chi connectivity index (χ3n) is 3.91. The molecule has 2 unspecified atom stereocenters. The zero-order chi connectivity index (χ0) is 16.4. The molecule has 0 spiro atoms. The summed E-state index contributed by atoms with van der Waals surface area (Å²) in [5, 5.41) is 3.37. The molecule has 5 heteroatoms. The van der Waals surface area contributed by atoms with Gasteiger partial charge in [0.15, 0.2) is 0 Å². The highest BCUT2D eigenvalue weighted by atomic mass is 35.5. The van der Waals surface area contributed by atoms with E-state index in [2.05, 4.69) is 5.32 Å². The average Bonchev–Trinajstić information content (AvgIpc) is 2.83. The highest BCUT2D eigenvalue weighted by molar-refractivity contribution is 6.30. The van der Waals surface area contributed by atoms with Crippen molar-refractivity contribution in [1.29, 1.82) is 0 Å². The summed E-state index contributed by atoms with van der Waals surface area (Å²) in [6.45, 7) is 1.78. The van der Waals surface area contributed by atoms with Crippen molar-refractivity contribution in [2.75, 3.05) is 5.32 Å². The molecule has 1 aliphatic rings. The molecule has 2 aromatic carbocycles. The van der Waals surface area contributed by atoms with E-state index in [1.807, 2.05) is 36.4 Å². The monoisotopic (exact) mass is 329 g/mol. The van der Waals surface area contributed by atoms with E-state index in [4.69, 9.17) is 16.3 Å². The van der Waals surface area contributed by atoms with Gasteiger partial charge in [0.05, 0.1) is 12.3 Å². The number of hydrogen-bond donors (Lipinski definition) is 1. The number of esters is 1. The smallest absolute Gasteiger partial charge is 0.307 e. The third-order valence-corrected chi connectivity index (χ3v) is 4.14. The van der Waals surface area contributed by atoms with Crippen LogP contribution < -0.4 is 5.32 Å². The molecule has 3 rings (SSSR count). The topological polar surface area (TPSA) is 55.4 Å². The van der Waals surface area contributed by atoms with E-state index >= 15 is 0 Å². The molecule has 0 saturated heterocycles. The molecule has 118 valence electrons. The van der Waals surface area contributed by atoms with Crippen LogP contribution in [0.2, 0.25) is 5.02 Å². The molecule has 0 radical (unpaired) electrons. The molecule has 1 N–H and O–H groups in total. The Morgan fingerprint density at radius 1 is 1.26 bits per heavy atom. The molecule has 1 heterocycles. The number of ether oxygens (including phenoxy) is 1. The van der Waals surface area contributed by atoms with Crippen molar-refractivity contribution in [3.63, 3.8) is 0 Å². The Morgan fingerprint density at radius 2 is 2.04 bits per heavy atom. The second-order valence-corrected chi connectivity index (χ2v) is 5.96. The van der Waals surface area contributed by atoms with Crippen molar-refractivity contribution in [3.05, 3.63) is 64.7 Å². The minimum Gasteiger partial charge on any atom is -0.458 e. The predicted octanol–water partition coefficient (Wildman–Crippen LogP) is 4.07. The minimum absolute atomic E-state index is 0.0216. The van der Waals surface area contributed by atoms with Crippen molar-refractivity contribution >= 4 is 29.2 Å². The molecule has 0 bridgehead atoms. The van der Waals surface area contributed by atoms with E-state index < -0.39 is 18.0 Å². The summed E-state index contributed by atoms with van der Waals surface area (Å²) in [6, 6.07) is 14.6. The molecule has 1 amide bonds. The van der Waals surface area contributed by atoms with Gasteiger partial charge < -0.3 is 10.1 Å². The van der Waals surface area contributed by atoms with Gasteiger partial charge in [0.25, 0.3) is 0 Å². The molecule has 2 aromatic rings. The fraction of sp³-hybridized carbons (Fsp3) is 0.222. The van der Waals surface area contributed by atoms with Crippen LogP contribution in [0.1, 0.15) is 36.5 Å². The van der Waals surface area contributed by atoms with E-state index in [1.54, 1.807) is 19.1 Å². The van der Waals surface area contributed by atoms with Crippen LogP contribution in [-0.2, 0) is 14.3 Å². The fourth-order valence-electron chi connectivity index (χ4n) is 2.72. The molecule has 4 nitrogen and oxygen atoms in total. The van der Waals surface area contributed by atoms with Crippen LogP contribution in [0.3, 0.4) is 0 Å². The quantitative estimate of drug-likeness (QED) is 0.860. The Kier molecular flexibility index (Phi) is 4.35. The van der Waals surface area contributed by atoms with E-state index in [0.29, 0.717) is 5.02 Å². The number of nitrogens with one attached hydrogen (secondary N) is 1. The Labute approximate surface area is 139 Å². The van der Waals surface area contributed by atoms with Crippen molar-refractivity contribution in [1.82, 2.24) is 0 Å². The maximum atomic E-state index is 12.2. The summed E-state index contributed by atoms with van der Waals surface area (Å²) in [4.78, 5) is 24.2. The molecular formula is C18H16ClNO3. The van der Waals surface area contributed by atoms with Crippen molar-refractivity contribution < 1.29 is 14.3 Å². The molecule has 0 aromatic heterocycles. The predicted molar refractivity (Wildman–Crippen MR) is 88.4 cm³/mol. The molecule has 2 atom stereocenters. The first kappa shape index (κ1) is 15.6. The first-order chi connectivity index (χ1) is 11.0. The van der Waals surface area contributed by atoms with E-state index in [1.165, 1.54) is 0 Å². The number of carbonyl (C=O) groups is 2. The van der Waals surface area contributed by atoms with Crippen molar-refractivity contribution in [2.24, 2.45) is 0 Å². The number of fused-ring (bicyclic) bond motifs is 1. The van der Waals surface area contributed by atoms with E-state index in [-0.39, 0.29) is 12.3 Å². The lowest BCUT2D eigenvalue weighted by atomic mass is 9.97. The lowest BCUT2D eigenvalue weighted by Gasteiger charge is -2.15. The second kappa shape index (κ2) is 6.42. The summed E-state index contributed by atoms with van der Waals surface area (Å²) >= 11 is 5.94. The Bertz CT molecular complexity index is 759. The second-order valence-electron chi connectivity index (χ2n) is 5.52. The van der Waals surface area contributed by atoms with Crippen LogP contribution >= 0.6 is 11.6 Å². The maximum Gasteiger partial charge on any atom is 0.307 e. The Hall–Kier alpha value is -2.33. The standard InChI is InChI=1S/C18H16ClNO3/c1-11(12-5-4-6-13(19)9-12)23-17(21)10-15-14-7-2-3-8-16(14)20-18(15)22/h2-9,11,15H,10H2,1H3,(H,20,22). The number of amides is 1. The summed E-state index contributed by atoms with van der Waals surface area (Å²) in [5.41, 5.74) is 2.42. The van der Waals surface area contributed by atoms with Crippen molar-refractivity contribution in [2.45, 2.75) is 25.4 Å². The fourth-order valence-corrected chi connectivity index (χ4v) is 2.92. The lowest BCUT2D eigenvalue weighted by molar-refractivity contribution is -0.149. The van der Waals surface area contributed by atoms with Gasteiger partial charge in [0.2, 0.25) is 5.91 Å². The zero-order valence-corrected chi connectivity index (χ0v) is 13.3. The lowest BCUT2D eigenvalue weighted by Crippen LogP contribution is -2.18. The molecule has 0 fully saturated rings. The van der Waals surface area contributed by atoms with Crippen LogP contribution in [-0.4, -0.2) is 11.9 Å². The van der Waals surface area contributed by atoms with Crippen LogP contribution in [0.15, 0.2) is 48.5 Å². The molecular weight excluding hydrogens is 314 g/mol. The highest BCUT2D eigenvalue weighted by Gasteiger charge is 2.32. The van der Waals surface area contributed by atoms with Gasteiger partial charge in [-0.2, -0.15) is 0 Å². The summed E-state index contributed by atoms with van der Waals surface area (Å²) in [7, 11) is 0. The number of carbonyl (C=O) groups excluding carboxylic acids is 2. The average molecular weight is 330 g/mol. The summed E-state index contributed by atoms with van der Waals surface area (Å²) in [5.74, 6) is -1.07. The number of anilines is 1. The third kappa shape index (κ3) is 3.37. The maximum absolute atomic E-state index is 12.2. The van der Waals surface area contributed by atoms with E-state index in [0.717, 1.165) is 16.8 Å². The first-order valence-corrected chi connectivity index (χ1v) is 7.77. The largest absolute Gasteiger partial charge is 0.458 e. The van der Waals surface area contributed by atoms with Crippen molar-refractivity contribution in [3.8, 4) is 0 Å². The zero-order valence-electron chi connectivity index (χ0n) is 12.6. The Morgan fingerprint density at radius 3 is 2.83 bits per heavy atom. The summed E-state index contributed by atoms with van der Waals surface area (Å²) < 4.78 is 5.44. The van der Waals surface area contributed by atoms with Gasteiger partial charge in [0, 0.05) is 10.7 Å². The molecule has 0 aliphatic carbocycles. The van der Waals surface area contributed by atoms with Crippen LogP contribution in [0.25, 0.3) is 0 Å².